The number of sulfonamides is 1. The Morgan fingerprint density at radius 2 is 1.86 bits per heavy atom. The van der Waals surface area contributed by atoms with Crippen LogP contribution in [0.2, 0.25) is 0 Å². The smallest absolute Gasteiger partial charge is 0.238 e. The molecule has 0 spiro atoms. The van der Waals surface area contributed by atoms with Gasteiger partial charge in [0.25, 0.3) is 0 Å². The van der Waals surface area contributed by atoms with Crippen LogP contribution in [0, 0.1) is 0 Å². The van der Waals surface area contributed by atoms with Crippen LogP contribution in [0.3, 0.4) is 0 Å². The number of carbonyl (C=O) groups is 1. The highest BCUT2D eigenvalue weighted by Gasteiger charge is 2.34. The van der Waals surface area contributed by atoms with Gasteiger partial charge in [-0.2, -0.15) is 0 Å². The van der Waals surface area contributed by atoms with Gasteiger partial charge >= 0.3 is 0 Å². The summed E-state index contributed by atoms with van der Waals surface area (Å²) in [7, 11) is -3.65. The van der Waals surface area contributed by atoms with Crippen LogP contribution in [0.25, 0.3) is 0 Å². The van der Waals surface area contributed by atoms with E-state index < -0.39 is 10.0 Å². The summed E-state index contributed by atoms with van der Waals surface area (Å²) in [6.45, 7) is 0.504. The lowest BCUT2D eigenvalue weighted by molar-refractivity contribution is -0.122. The number of primary sulfonamides is 1. The molecule has 116 valence electrons. The number of hydrogen-bond acceptors (Lipinski definition) is 4. The van der Waals surface area contributed by atoms with Gasteiger partial charge in [-0.05, 0) is 43.4 Å². The van der Waals surface area contributed by atoms with Gasteiger partial charge in [-0.3, -0.25) is 4.79 Å². The minimum Gasteiger partial charge on any atom is -0.356 e. The highest BCUT2D eigenvalue weighted by Crippen LogP contribution is 2.31. The molecule has 2 rings (SSSR count). The summed E-state index contributed by atoms with van der Waals surface area (Å²) in [5.74, 6) is -0.0293. The van der Waals surface area contributed by atoms with Crippen LogP contribution < -0.4 is 16.2 Å². The summed E-state index contributed by atoms with van der Waals surface area (Å²) >= 11 is 0. The molecule has 1 aliphatic rings. The standard InChI is InChI=1S/C14H21N3O3S/c15-14(7-1-8-14)10-13(18)17-9-6-11-2-4-12(5-3-11)21(16,19)20/h2-5H,1,6-10,15H2,(H,17,18)(H2,16,19,20). The highest BCUT2D eigenvalue weighted by atomic mass is 32.2. The third kappa shape index (κ3) is 4.52. The molecule has 1 aromatic carbocycles. The maximum absolute atomic E-state index is 11.7. The van der Waals surface area contributed by atoms with Crippen molar-refractivity contribution in [3.05, 3.63) is 29.8 Å². The van der Waals surface area contributed by atoms with E-state index in [2.05, 4.69) is 5.32 Å². The summed E-state index contributed by atoms with van der Waals surface area (Å²) in [6.07, 6.45) is 3.93. The van der Waals surface area contributed by atoms with E-state index in [1.54, 1.807) is 12.1 Å². The van der Waals surface area contributed by atoms with E-state index in [4.69, 9.17) is 10.9 Å². The zero-order valence-electron chi connectivity index (χ0n) is 11.8. The molecule has 0 radical (unpaired) electrons. The minimum atomic E-state index is -3.65. The molecule has 0 bridgehead atoms. The number of amides is 1. The fourth-order valence-electron chi connectivity index (χ4n) is 2.38. The minimum absolute atomic E-state index is 0.0293. The van der Waals surface area contributed by atoms with E-state index in [1.807, 2.05) is 0 Å². The van der Waals surface area contributed by atoms with Crippen molar-refractivity contribution in [1.82, 2.24) is 5.32 Å². The molecule has 21 heavy (non-hydrogen) atoms. The second kappa shape index (κ2) is 6.13. The quantitative estimate of drug-likeness (QED) is 0.699. The molecule has 1 fully saturated rings. The molecule has 6 nitrogen and oxygen atoms in total. The van der Waals surface area contributed by atoms with Gasteiger partial charge in [0.05, 0.1) is 4.90 Å². The Morgan fingerprint density at radius 3 is 2.33 bits per heavy atom. The third-order valence-electron chi connectivity index (χ3n) is 3.85. The van der Waals surface area contributed by atoms with Crippen molar-refractivity contribution in [2.45, 2.75) is 42.5 Å². The molecule has 0 aliphatic heterocycles. The molecule has 0 atom stereocenters. The van der Waals surface area contributed by atoms with Gasteiger partial charge in [-0.1, -0.05) is 12.1 Å². The van der Waals surface area contributed by atoms with E-state index in [1.165, 1.54) is 12.1 Å². The van der Waals surface area contributed by atoms with E-state index in [9.17, 15) is 13.2 Å². The molecular weight excluding hydrogens is 290 g/mol. The second-order valence-corrected chi connectivity index (χ2v) is 7.24. The Morgan fingerprint density at radius 1 is 1.24 bits per heavy atom. The predicted octanol–water partition coefficient (Wildman–Crippen LogP) is 0.264. The summed E-state index contributed by atoms with van der Waals surface area (Å²) in [6, 6.07) is 6.33. The molecule has 0 saturated heterocycles. The number of nitrogens with two attached hydrogens (primary N) is 2. The van der Waals surface area contributed by atoms with Gasteiger partial charge in [0, 0.05) is 18.5 Å². The monoisotopic (exact) mass is 311 g/mol. The first-order valence-electron chi connectivity index (χ1n) is 6.96. The summed E-state index contributed by atoms with van der Waals surface area (Å²) in [4.78, 5) is 11.8. The SMILES string of the molecule is NC1(CC(=O)NCCc2ccc(S(N)(=O)=O)cc2)CCC1. The number of benzene rings is 1. The number of rotatable bonds is 6. The van der Waals surface area contributed by atoms with Crippen LogP contribution in [-0.2, 0) is 21.2 Å². The van der Waals surface area contributed by atoms with E-state index in [0.29, 0.717) is 19.4 Å². The molecule has 1 amide bonds. The summed E-state index contributed by atoms with van der Waals surface area (Å²) in [5.41, 5.74) is 6.65. The van der Waals surface area contributed by atoms with Crippen molar-refractivity contribution in [3.8, 4) is 0 Å². The number of carbonyl (C=O) groups excluding carboxylic acids is 1. The fourth-order valence-corrected chi connectivity index (χ4v) is 2.90. The fraction of sp³-hybridized carbons (Fsp3) is 0.500. The Hall–Kier alpha value is -1.44. The average Bonchev–Trinajstić information content (AvgIpc) is 2.36. The molecule has 7 heteroatoms. The lowest BCUT2D eigenvalue weighted by atomic mass is 9.75. The number of nitrogens with one attached hydrogen (secondary N) is 1. The highest BCUT2D eigenvalue weighted by molar-refractivity contribution is 7.89. The largest absolute Gasteiger partial charge is 0.356 e. The average molecular weight is 311 g/mol. The number of hydrogen-bond donors (Lipinski definition) is 3. The molecule has 0 unspecified atom stereocenters. The van der Waals surface area contributed by atoms with Crippen molar-refractivity contribution in [1.29, 1.82) is 0 Å². The molecule has 0 heterocycles. The van der Waals surface area contributed by atoms with E-state index >= 15 is 0 Å². The lowest BCUT2D eigenvalue weighted by Crippen LogP contribution is -2.50. The first-order valence-corrected chi connectivity index (χ1v) is 8.50. The van der Waals surface area contributed by atoms with Gasteiger partial charge in [0.15, 0.2) is 0 Å². The Kier molecular flexibility index (Phi) is 4.65. The maximum atomic E-state index is 11.7. The molecule has 0 aromatic heterocycles. The van der Waals surface area contributed by atoms with Crippen molar-refractivity contribution < 1.29 is 13.2 Å². The summed E-state index contributed by atoms with van der Waals surface area (Å²) in [5, 5.41) is 7.87. The Bertz CT molecular complexity index is 607. The first-order chi connectivity index (χ1) is 9.78. The molecule has 1 aromatic rings. The molecule has 1 saturated carbocycles. The van der Waals surface area contributed by atoms with Crippen molar-refractivity contribution in [3.63, 3.8) is 0 Å². The van der Waals surface area contributed by atoms with Crippen LogP contribution >= 0.6 is 0 Å². The molecule has 5 N–H and O–H groups in total. The van der Waals surface area contributed by atoms with Crippen LogP contribution in [0.4, 0.5) is 0 Å². The third-order valence-corrected chi connectivity index (χ3v) is 4.78. The van der Waals surface area contributed by atoms with Crippen LogP contribution in [0.15, 0.2) is 29.2 Å². The zero-order valence-corrected chi connectivity index (χ0v) is 12.7. The Labute approximate surface area is 124 Å². The van der Waals surface area contributed by atoms with Crippen molar-refractivity contribution >= 4 is 15.9 Å². The van der Waals surface area contributed by atoms with Crippen LogP contribution in [0.1, 0.15) is 31.2 Å². The normalized spacial score (nSPS) is 17.0. The van der Waals surface area contributed by atoms with Crippen molar-refractivity contribution in [2.75, 3.05) is 6.54 Å². The van der Waals surface area contributed by atoms with Gasteiger partial charge in [0.2, 0.25) is 15.9 Å². The van der Waals surface area contributed by atoms with Crippen LogP contribution in [0.5, 0.6) is 0 Å². The van der Waals surface area contributed by atoms with Crippen LogP contribution in [-0.4, -0.2) is 26.4 Å². The maximum Gasteiger partial charge on any atom is 0.238 e. The molecular formula is C14H21N3O3S. The zero-order chi connectivity index (χ0) is 15.5. The van der Waals surface area contributed by atoms with Gasteiger partial charge in [-0.15, -0.1) is 0 Å². The van der Waals surface area contributed by atoms with E-state index in [0.717, 1.165) is 24.8 Å². The van der Waals surface area contributed by atoms with Gasteiger partial charge in [-0.25, -0.2) is 13.6 Å². The van der Waals surface area contributed by atoms with Gasteiger partial charge in [0.1, 0.15) is 0 Å². The van der Waals surface area contributed by atoms with E-state index in [-0.39, 0.29) is 16.3 Å². The van der Waals surface area contributed by atoms with Gasteiger partial charge < -0.3 is 11.1 Å². The summed E-state index contributed by atoms with van der Waals surface area (Å²) < 4.78 is 22.2. The Balaban J connectivity index is 1.77. The lowest BCUT2D eigenvalue weighted by Gasteiger charge is -2.37. The first kappa shape index (κ1) is 15.9. The second-order valence-electron chi connectivity index (χ2n) is 5.68. The van der Waals surface area contributed by atoms with Crippen molar-refractivity contribution in [2.24, 2.45) is 10.9 Å². The topological polar surface area (TPSA) is 115 Å². The predicted molar refractivity (Wildman–Crippen MR) is 79.9 cm³/mol. The molecule has 1 aliphatic carbocycles.